The fraction of sp³-hybridized carbons (Fsp3) is 0.220. The standard InChI is InChI=1S/C50H45O2/c1-5-18-37(19-6-1)45-33-47(39-22-9-3-10-23-39)51-49-41(26-14-28-43(45)49)31-35-16-13-17-36(30-35)32-42-27-15-29-44-46(38-20-7-2-8-21-38)34-48(52-50(42)44)40-24-11-4-12-25-40/h1-12,18-25,30-34,41,49H,13-17,26-29H2/q+1/b35-31-,42-32+. The van der Waals surface area contributed by atoms with Crippen molar-refractivity contribution in [3.05, 3.63) is 191 Å². The van der Waals surface area contributed by atoms with Crippen LogP contribution < -0.4 is 0 Å². The molecule has 9 rings (SSSR count). The molecule has 0 amide bonds. The Kier molecular flexibility index (Phi) is 9.13. The van der Waals surface area contributed by atoms with Gasteiger partial charge in [0.15, 0.2) is 0 Å². The zero-order valence-electron chi connectivity index (χ0n) is 29.8. The SMILES string of the molecule is C1=C(/C=C2\CCCc3c(-c4ccccc4)cc(-c4ccccc4)[o+]c32)CCC/C1=C/C1CCCC2=C(c3ccccc3)C=C(c3ccccc3)OC21. The highest BCUT2D eigenvalue weighted by Gasteiger charge is 2.36. The van der Waals surface area contributed by atoms with E-state index in [0.717, 1.165) is 79.8 Å². The van der Waals surface area contributed by atoms with Gasteiger partial charge < -0.3 is 4.74 Å². The van der Waals surface area contributed by atoms with Crippen molar-refractivity contribution < 1.29 is 9.15 Å². The molecular formula is C50H45O2+. The van der Waals surface area contributed by atoms with Crippen LogP contribution in [0.2, 0.25) is 0 Å². The molecule has 1 saturated carbocycles. The molecule has 1 aromatic heterocycles. The van der Waals surface area contributed by atoms with Gasteiger partial charge in [0.25, 0.3) is 0 Å². The molecule has 2 heterocycles. The van der Waals surface area contributed by atoms with Crippen molar-refractivity contribution in [3.63, 3.8) is 0 Å². The molecule has 1 fully saturated rings. The Bertz CT molecular complexity index is 2220. The van der Waals surface area contributed by atoms with E-state index in [0.29, 0.717) is 5.92 Å². The number of benzene rings is 4. The first-order chi connectivity index (χ1) is 25.8. The van der Waals surface area contributed by atoms with Crippen molar-refractivity contribution in [2.24, 2.45) is 5.92 Å². The summed E-state index contributed by atoms with van der Waals surface area (Å²) < 4.78 is 13.8. The van der Waals surface area contributed by atoms with E-state index in [2.05, 4.69) is 152 Å². The number of hydrogen-bond donors (Lipinski definition) is 0. The monoisotopic (exact) mass is 677 g/mol. The second kappa shape index (κ2) is 14.6. The molecule has 0 bridgehead atoms. The summed E-state index contributed by atoms with van der Waals surface area (Å²) in [6.07, 6.45) is 19.8. The molecule has 0 saturated heterocycles. The molecule has 2 heteroatoms. The van der Waals surface area contributed by atoms with Gasteiger partial charge in [-0.15, -0.1) is 0 Å². The molecule has 2 atom stereocenters. The average Bonchev–Trinajstić information content (AvgIpc) is 3.22. The van der Waals surface area contributed by atoms with Crippen LogP contribution in [-0.2, 0) is 11.2 Å². The van der Waals surface area contributed by atoms with Crippen LogP contribution in [0.5, 0.6) is 0 Å². The highest BCUT2D eigenvalue weighted by molar-refractivity contribution is 5.86. The van der Waals surface area contributed by atoms with Crippen LogP contribution in [0.1, 0.15) is 73.8 Å². The largest absolute Gasteiger partial charge is 0.485 e. The van der Waals surface area contributed by atoms with E-state index in [-0.39, 0.29) is 6.10 Å². The van der Waals surface area contributed by atoms with E-state index in [1.165, 1.54) is 56.5 Å². The predicted octanol–water partition coefficient (Wildman–Crippen LogP) is 13.3. The molecule has 5 aromatic rings. The van der Waals surface area contributed by atoms with Crippen molar-refractivity contribution in [2.45, 2.75) is 63.9 Å². The third-order valence-corrected chi connectivity index (χ3v) is 11.2. The Labute approximate surface area is 308 Å². The van der Waals surface area contributed by atoms with Crippen LogP contribution in [0, 0.1) is 5.92 Å². The first kappa shape index (κ1) is 32.4. The summed E-state index contributed by atoms with van der Waals surface area (Å²) in [6, 6.07) is 45.2. The molecule has 4 aromatic carbocycles. The van der Waals surface area contributed by atoms with E-state index in [9.17, 15) is 0 Å². The smallest absolute Gasteiger partial charge is 0.361 e. The molecule has 52 heavy (non-hydrogen) atoms. The number of hydrogen-bond acceptors (Lipinski definition) is 1. The first-order valence-electron chi connectivity index (χ1n) is 19.2. The highest BCUT2D eigenvalue weighted by atomic mass is 16.5. The van der Waals surface area contributed by atoms with Crippen LogP contribution in [-0.4, -0.2) is 6.10 Å². The van der Waals surface area contributed by atoms with Crippen LogP contribution in [0.15, 0.2) is 173 Å². The normalized spacial score (nSPS) is 21.5. The Hall–Kier alpha value is -5.47. The van der Waals surface area contributed by atoms with Gasteiger partial charge in [-0.3, -0.25) is 0 Å². The minimum Gasteiger partial charge on any atom is -0.485 e. The number of fused-ring (bicyclic) bond motifs is 2. The first-order valence-corrected chi connectivity index (χ1v) is 19.2. The lowest BCUT2D eigenvalue weighted by molar-refractivity contribution is 0.131. The van der Waals surface area contributed by atoms with Gasteiger partial charge in [0.05, 0.1) is 22.8 Å². The Morgan fingerprint density at radius 3 is 1.98 bits per heavy atom. The van der Waals surface area contributed by atoms with E-state index >= 15 is 0 Å². The summed E-state index contributed by atoms with van der Waals surface area (Å²) in [5.41, 5.74) is 14.4. The summed E-state index contributed by atoms with van der Waals surface area (Å²) >= 11 is 0. The van der Waals surface area contributed by atoms with Gasteiger partial charge in [-0.2, -0.15) is 0 Å². The average molecular weight is 678 g/mol. The van der Waals surface area contributed by atoms with Crippen molar-refractivity contribution in [3.8, 4) is 22.5 Å². The van der Waals surface area contributed by atoms with Crippen molar-refractivity contribution >= 4 is 16.9 Å². The van der Waals surface area contributed by atoms with Crippen molar-refractivity contribution in [1.82, 2.24) is 0 Å². The zero-order chi connectivity index (χ0) is 34.7. The van der Waals surface area contributed by atoms with Gasteiger partial charge in [0, 0.05) is 17.0 Å². The molecule has 3 aliphatic carbocycles. The summed E-state index contributed by atoms with van der Waals surface area (Å²) in [5, 5.41) is 0. The summed E-state index contributed by atoms with van der Waals surface area (Å²) in [6.45, 7) is 0. The maximum atomic E-state index is 6.98. The third-order valence-electron chi connectivity index (χ3n) is 11.2. The molecule has 1 aliphatic heterocycles. The molecular weight excluding hydrogens is 633 g/mol. The van der Waals surface area contributed by atoms with Gasteiger partial charge in [-0.05, 0) is 110 Å². The van der Waals surface area contributed by atoms with E-state index in [4.69, 9.17) is 9.15 Å². The number of allylic oxidation sites excluding steroid dienone is 7. The lowest BCUT2D eigenvalue weighted by Gasteiger charge is -2.38. The quantitative estimate of drug-likeness (QED) is 0.167. The maximum absolute atomic E-state index is 6.98. The van der Waals surface area contributed by atoms with Gasteiger partial charge in [0.2, 0.25) is 0 Å². The van der Waals surface area contributed by atoms with Gasteiger partial charge in [-0.25, -0.2) is 4.42 Å². The topological polar surface area (TPSA) is 20.5 Å². The molecule has 2 nitrogen and oxygen atoms in total. The van der Waals surface area contributed by atoms with E-state index in [1.807, 2.05) is 0 Å². The highest BCUT2D eigenvalue weighted by Crippen LogP contribution is 2.45. The predicted molar refractivity (Wildman–Crippen MR) is 215 cm³/mol. The summed E-state index contributed by atoms with van der Waals surface area (Å²) in [7, 11) is 0. The number of ether oxygens (including phenoxy) is 1. The lowest BCUT2D eigenvalue weighted by atomic mass is 9.76. The van der Waals surface area contributed by atoms with Gasteiger partial charge in [0.1, 0.15) is 11.9 Å². The number of rotatable bonds is 6. The van der Waals surface area contributed by atoms with E-state index < -0.39 is 0 Å². The lowest BCUT2D eigenvalue weighted by Crippen LogP contribution is -2.31. The molecule has 0 spiro atoms. The molecule has 0 radical (unpaired) electrons. The summed E-state index contributed by atoms with van der Waals surface area (Å²) in [5.74, 6) is 3.31. The minimum absolute atomic E-state index is 0.0469. The Morgan fingerprint density at radius 2 is 1.25 bits per heavy atom. The van der Waals surface area contributed by atoms with Gasteiger partial charge >= 0.3 is 11.5 Å². The van der Waals surface area contributed by atoms with E-state index in [1.54, 1.807) is 0 Å². The zero-order valence-corrected chi connectivity index (χ0v) is 29.8. The second-order valence-electron chi connectivity index (χ2n) is 14.7. The van der Waals surface area contributed by atoms with Crippen LogP contribution in [0.25, 0.3) is 39.4 Å². The molecule has 256 valence electrons. The Morgan fingerprint density at radius 1 is 0.596 bits per heavy atom. The Balaban J connectivity index is 1.07. The fourth-order valence-corrected chi connectivity index (χ4v) is 8.73. The van der Waals surface area contributed by atoms with Crippen molar-refractivity contribution in [2.75, 3.05) is 0 Å². The minimum atomic E-state index is 0.0469. The third kappa shape index (κ3) is 6.66. The molecule has 2 unspecified atom stereocenters. The molecule has 4 aliphatic rings. The van der Waals surface area contributed by atoms with Gasteiger partial charge in [-0.1, -0.05) is 127 Å². The second-order valence-corrected chi connectivity index (χ2v) is 14.7. The summed E-state index contributed by atoms with van der Waals surface area (Å²) in [4.78, 5) is 0. The van der Waals surface area contributed by atoms with Crippen LogP contribution in [0.4, 0.5) is 0 Å². The fourth-order valence-electron chi connectivity index (χ4n) is 8.73. The van der Waals surface area contributed by atoms with Crippen molar-refractivity contribution in [1.29, 1.82) is 0 Å². The van der Waals surface area contributed by atoms with Crippen LogP contribution >= 0.6 is 0 Å². The maximum Gasteiger partial charge on any atom is 0.361 e. The van der Waals surface area contributed by atoms with Crippen LogP contribution in [0.3, 0.4) is 0 Å². The molecule has 0 N–H and O–H groups in total.